The lowest BCUT2D eigenvalue weighted by Crippen LogP contribution is -2.33. The lowest BCUT2D eigenvalue weighted by atomic mass is 9.95. The van der Waals surface area contributed by atoms with Gasteiger partial charge in [0.2, 0.25) is 0 Å². The maximum atomic E-state index is 10.7. The lowest BCUT2D eigenvalue weighted by molar-refractivity contribution is 0.154. The molecular formula is C9H11NO2. The molecule has 3 nitrogen and oxygen atoms in total. The number of nitrogens with zero attached hydrogens (tertiary/aromatic N) is 1. The third kappa shape index (κ3) is 1.02. The van der Waals surface area contributed by atoms with Crippen molar-refractivity contribution in [3.63, 3.8) is 0 Å². The summed E-state index contributed by atoms with van der Waals surface area (Å²) in [6.07, 6.45) is 7.99. The van der Waals surface area contributed by atoms with Crippen molar-refractivity contribution in [2.24, 2.45) is 0 Å². The van der Waals surface area contributed by atoms with Crippen molar-refractivity contribution in [3.05, 3.63) is 23.9 Å². The van der Waals surface area contributed by atoms with E-state index in [0.717, 1.165) is 19.3 Å². The van der Waals surface area contributed by atoms with Gasteiger partial charge in [-0.15, -0.1) is 0 Å². The molecule has 0 fully saturated rings. The normalized spacial score (nSPS) is 26.8. The molecule has 0 saturated heterocycles. The minimum Gasteiger partial charge on any atom is -0.465 e. The highest BCUT2D eigenvalue weighted by Crippen LogP contribution is 2.29. The largest absolute Gasteiger partial charge is 0.465 e. The summed E-state index contributed by atoms with van der Waals surface area (Å²) in [5, 5.41) is 8.80. The van der Waals surface area contributed by atoms with E-state index in [1.54, 1.807) is 6.20 Å². The second-order valence-electron chi connectivity index (χ2n) is 3.16. The molecule has 0 radical (unpaired) electrons. The molecule has 0 saturated carbocycles. The predicted molar refractivity (Wildman–Crippen MR) is 44.7 cm³/mol. The van der Waals surface area contributed by atoms with E-state index in [-0.39, 0.29) is 6.04 Å². The van der Waals surface area contributed by atoms with Crippen LogP contribution < -0.4 is 0 Å². The number of carboxylic acid groups (broad SMARTS) is 1. The molecule has 3 heteroatoms. The van der Waals surface area contributed by atoms with Crippen LogP contribution in [0.4, 0.5) is 4.79 Å². The van der Waals surface area contributed by atoms with E-state index in [4.69, 9.17) is 5.11 Å². The molecule has 0 aromatic carbocycles. The second kappa shape index (κ2) is 2.66. The molecule has 0 aromatic rings. The molecule has 0 aromatic heterocycles. The van der Waals surface area contributed by atoms with Crippen LogP contribution in [0.3, 0.4) is 0 Å². The first-order valence-electron chi connectivity index (χ1n) is 4.18. The van der Waals surface area contributed by atoms with Crippen molar-refractivity contribution in [1.82, 2.24) is 4.90 Å². The van der Waals surface area contributed by atoms with Gasteiger partial charge in [-0.25, -0.2) is 4.79 Å². The first kappa shape index (κ1) is 7.40. The van der Waals surface area contributed by atoms with Gasteiger partial charge in [-0.3, -0.25) is 4.90 Å². The zero-order valence-electron chi connectivity index (χ0n) is 6.73. The Hall–Kier alpha value is -1.25. The fourth-order valence-electron chi connectivity index (χ4n) is 1.83. The zero-order valence-corrected chi connectivity index (χ0v) is 6.73. The van der Waals surface area contributed by atoms with Crippen molar-refractivity contribution in [2.45, 2.75) is 25.3 Å². The Morgan fingerprint density at radius 1 is 1.67 bits per heavy atom. The van der Waals surface area contributed by atoms with Crippen LogP contribution in [0, 0.1) is 0 Å². The molecule has 1 atom stereocenters. The molecular weight excluding hydrogens is 154 g/mol. The van der Waals surface area contributed by atoms with Gasteiger partial charge in [0, 0.05) is 6.20 Å². The quantitative estimate of drug-likeness (QED) is 0.596. The van der Waals surface area contributed by atoms with Crippen LogP contribution in [0.15, 0.2) is 23.9 Å². The van der Waals surface area contributed by atoms with E-state index in [2.05, 4.69) is 6.08 Å². The van der Waals surface area contributed by atoms with Gasteiger partial charge in [0.05, 0.1) is 6.04 Å². The Kier molecular flexibility index (Phi) is 1.64. The standard InChI is InChI=1S/C9H11NO2/c11-9(12)10-6-5-7-3-1-2-4-8(7)10/h3,5-6,8H,1-2,4H2,(H,11,12). The molecule has 12 heavy (non-hydrogen) atoms. The van der Waals surface area contributed by atoms with Crippen molar-refractivity contribution in [2.75, 3.05) is 0 Å². The molecule has 1 aliphatic heterocycles. The summed E-state index contributed by atoms with van der Waals surface area (Å²) >= 11 is 0. The van der Waals surface area contributed by atoms with Crippen molar-refractivity contribution >= 4 is 6.09 Å². The van der Waals surface area contributed by atoms with Crippen molar-refractivity contribution < 1.29 is 9.90 Å². The summed E-state index contributed by atoms with van der Waals surface area (Å²) in [7, 11) is 0. The van der Waals surface area contributed by atoms with Crippen LogP contribution in [0.2, 0.25) is 0 Å². The minimum absolute atomic E-state index is 0.108. The van der Waals surface area contributed by atoms with Crippen LogP contribution in [0.5, 0.6) is 0 Å². The van der Waals surface area contributed by atoms with Crippen LogP contribution in [0.25, 0.3) is 0 Å². The lowest BCUT2D eigenvalue weighted by Gasteiger charge is -2.24. The summed E-state index contributed by atoms with van der Waals surface area (Å²) in [5.41, 5.74) is 1.17. The fourth-order valence-corrected chi connectivity index (χ4v) is 1.83. The Morgan fingerprint density at radius 2 is 2.50 bits per heavy atom. The number of hydrogen-bond donors (Lipinski definition) is 1. The van der Waals surface area contributed by atoms with Gasteiger partial charge in [-0.2, -0.15) is 0 Å². The molecule has 0 bridgehead atoms. The predicted octanol–water partition coefficient (Wildman–Crippen LogP) is 1.97. The maximum absolute atomic E-state index is 10.7. The highest BCUT2D eigenvalue weighted by molar-refractivity contribution is 5.69. The summed E-state index contributed by atoms with van der Waals surface area (Å²) in [5.74, 6) is 0. The number of carbonyl (C=O) groups is 1. The van der Waals surface area contributed by atoms with E-state index in [0.29, 0.717) is 0 Å². The van der Waals surface area contributed by atoms with E-state index < -0.39 is 6.09 Å². The Morgan fingerprint density at radius 3 is 3.25 bits per heavy atom. The molecule has 1 aliphatic carbocycles. The number of fused-ring (bicyclic) bond motifs is 1. The number of rotatable bonds is 0. The Balaban J connectivity index is 2.23. The molecule has 0 spiro atoms. The minimum atomic E-state index is -0.846. The smallest absolute Gasteiger partial charge is 0.411 e. The first-order chi connectivity index (χ1) is 5.79. The van der Waals surface area contributed by atoms with E-state index in [1.807, 2.05) is 6.08 Å². The van der Waals surface area contributed by atoms with Crippen LogP contribution in [0.1, 0.15) is 19.3 Å². The molecule has 1 unspecified atom stereocenters. The van der Waals surface area contributed by atoms with Gasteiger partial charge < -0.3 is 5.11 Å². The summed E-state index contributed by atoms with van der Waals surface area (Å²) in [4.78, 5) is 12.1. The van der Waals surface area contributed by atoms with Gasteiger partial charge in [-0.05, 0) is 30.9 Å². The van der Waals surface area contributed by atoms with Gasteiger partial charge in [0.15, 0.2) is 0 Å². The number of hydrogen-bond acceptors (Lipinski definition) is 1. The molecule has 1 N–H and O–H groups in total. The highest BCUT2D eigenvalue weighted by atomic mass is 16.4. The van der Waals surface area contributed by atoms with Gasteiger partial charge in [0.25, 0.3) is 0 Å². The van der Waals surface area contributed by atoms with E-state index >= 15 is 0 Å². The van der Waals surface area contributed by atoms with Crippen LogP contribution in [-0.4, -0.2) is 22.1 Å². The number of allylic oxidation sites excluding steroid dienone is 1. The summed E-state index contributed by atoms with van der Waals surface area (Å²) in [6.45, 7) is 0. The third-order valence-corrected chi connectivity index (χ3v) is 2.43. The van der Waals surface area contributed by atoms with E-state index in [9.17, 15) is 4.79 Å². The number of amides is 1. The monoisotopic (exact) mass is 165 g/mol. The van der Waals surface area contributed by atoms with Crippen molar-refractivity contribution in [1.29, 1.82) is 0 Å². The molecule has 1 amide bonds. The summed E-state index contributed by atoms with van der Waals surface area (Å²) in [6, 6.07) is 0.108. The van der Waals surface area contributed by atoms with Gasteiger partial charge >= 0.3 is 6.09 Å². The SMILES string of the molecule is O=C(O)N1C=CC2=CCCCC21. The van der Waals surface area contributed by atoms with Crippen LogP contribution >= 0.6 is 0 Å². The molecule has 1 heterocycles. The fraction of sp³-hybridized carbons (Fsp3) is 0.444. The van der Waals surface area contributed by atoms with Gasteiger partial charge in [0.1, 0.15) is 0 Å². The highest BCUT2D eigenvalue weighted by Gasteiger charge is 2.29. The average molecular weight is 165 g/mol. The molecule has 2 aliphatic rings. The summed E-state index contributed by atoms with van der Waals surface area (Å²) < 4.78 is 0. The van der Waals surface area contributed by atoms with Gasteiger partial charge in [-0.1, -0.05) is 6.08 Å². The Labute approximate surface area is 71.0 Å². The zero-order chi connectivity index (χ0) is 8.55. The Bertz CT molecular complexity index is 268. The topological polar surface area (TPSA) is 40.5 Å². The first-order valence-corrected chi connectivity index (χ1v) is 4.18. The van der Waals surface area contributed by atoms with Crippen molar-refractivity contribution in [3.8, 4) is 0 Å². The maximum Gasteiger partial charge on any atom is 0.411 e. The average Bonchev–Trinajstić information content (AvgIpc) is 2.47. The third-order valence-electron chi connectivity index (χ3n) is 2.43. The second-order valence-corrected chi connectivity index (χ2v) is 3.16. The molecule has 64 valence electrons. The molecule has 2 rings (SSSR count). The van der Waals surface area contributed by atoms with E-state index in [1.165, 1.54) is 10.5 Å². The van der Waals surface area contributed by atoms with Crippen LogP contribution in [-0.2, 0) is 0 Å².